The predicted molar refractivity (Wildman–Crippen MR) is 99.5 cm³/mol. The second-order valence-electron chi connectivity index (χ2n) is 5.74. The molecule has 0 saturated heterocycles. The fourth-order valence-corrected chi connectivity index (χ4v) is 3.24. The number of halogens is 4. The van der Waals surface area contributed by atoms with Gasteiger partial charge in [0.05, 0.1) is 17.3 Å². The number of hydrogen-bond donors (Lipinski definition) is 2. The van der Waals surface area contributed by atoms with Gasteiger partial charge >= 0.3 is 0 Å². The molecule has 0 aromatic heterocycles. The van der Waals surface area contributed by atoms with Crippen molar-refractivity contribution in [3.63, 3.8) is 0 Å². The minimum atomic E-state index is -1.08. The summed E-state index contributed by atoms with van der Waals surface area (Å²) in [5.41, 5.74) is 3.09. The third-order valence-corrected chi connectivity index (χ3v) is 4.82. The van der Waals surface area contributed by atoms with E-state index in [9.17, 15) is 13.6 Å². The molecule has 3 rings (SSSR count). The third-order valence-electron chi connectivity index (χ3n) is 3.84. The van der Waals surface area contributed by atoms with E-state index < -0.39 is 17.5 Å². The van der Waals surface area contributed by atoms with Crippen LogP contribution in [0.25, 0.3) is 0 Å². The summed E-state index contributed by atoms with van der Waals surface area (Å²) in [6.07, 6.45) is 0.892. The van der Waals surface area contributed by atoms with Crippen LogP contribution in [-0.4, -0.2) is 18.6 Å². The van der Waals surface area contributed by atoms with E-state index in [2.05, 4.69) is 33.4 Å². The van der Waals surface area contributed by atoms with Gasteiger partial charge in [-0.3, -0.25) is 9.63 Å². The Morgan fingerprint density at radius 3 is 2.76 bits per heavy atom. The Kier molecular flexibility index (Phi) is 5.75. The van der Waals surface area contributed by atoms with Gasteiger partial charge in [-0.1, -0.05) is 11.6 Å². The topological polar surface area (TPSA) is 50.4 Å². The standard InChI is InChI=1S/C17H14ClF2IN2O2/c18-12-7-11(21)2-4-15(12)22-16-6-10(16)8-25-23-17(24)9-1-3-13(19)14(20)5-9/h1-5,7,10,16,22H,6,8H2,(H,23,24). The average molecular weight is 479 g/mol. The molecule has 1 fully saturated rings. The van der Waals surface area contributed by atoms with Crippen LogP contribution in [0.4, 0.5) is 14.5 Å². The minimum absolute atomic E-state index is 0.00459. The van der Waals surface area contributed by atoms with E-state index in [0.29, 0.717) is 11.6 Å². The summed E-state index contributed by atoms with van der Waals surface area (Å²) in [7, 11) is 0. The molecule has 0 spiro atoms. The molecule has 1 amide bonds. The molecule has 8 heteroatoms. The number of anilines is 1. The van der Waals surface area contributed by atoms with Crippen molar-refractivity contribution in [2.24, 2.45) is 5.92 Å². The van der Waals surface area contributed by atoms with Crippen molar-refractivity contribution in [1.29, 1.82) is 0 Å². The summed E-state index contributed by atoms with van der Waals surface area (Å²) in [5.74, 6) is -2.46. The molecule has 1 aliphatic rings. The van der Waals surface area contributed by atoms with Gasteiger partial charge in [0.1, 0.15) is 0 Å². The highest BCUT2D eigenvalue weighted by atomic mass is 127. The smallest absolute Gasteiger partial charge is 0.274 e. The summed E-state index contributed by atoms with van der Waals surface area (Å²) < 4.78 is 27.0. The number of hydroxylamine groups is 1. The zero-order chi connectivity index (χ0) is 18.0. The van der Waals surface area contributed by atoms with Crippen LogP contribution in [0.3, 0.4) is 0 Å². The van der Waals surface area contributed by atoms with Crippen LogP contribution in [0.15, 0.2) is 36.4 Å². The number of rotatable bonds is 6. The maximum Gasteiger partial charge on any atom is 0.274 e. The Morgan fingerprint density at radius 2 is 2.04 bits per heavy atom. The van der Waals surface area contributed by atoms with E-state index >= 15 is 0 Å². The summed E-state index contributed by atoms with van der Waals surface area (Å²) in [5, 5.41) is 3.98. The monoisotopic (exact) mass is 478 g/mol. The van der Waals surface area contributed by atoms with Crippen molar-refractivity contribution in [3.8, 4) is 0 Å². The Bertz CT molecular complexity index is 806. The molecule has 2 aromatic rings. The van der Waals surface area contributed by atoms with Gasteiger partial charge in [-0.2, -0.15) is 0 Å². The van der Waals surface area contributed by atoms with Crippen LogP contribution >= 0.6 is 34.2 Å². The molecule has 132 valence electrons. The Labute approximate surface area is 162 Å². The summed E-state index contributed by atoms with van der Waals surface area (Å²) >= 11 is 8.37. The van der Waals surface area contributed by atoms with Crippen LogP contribution in [0.2, 0.25) is 5.02 Å². The first kappa shape index (κ1) is 18.3. The van der Waals surface area contributed by atoms with Crippen molar-refractivity contribution >= 4 is 45.8 Å². The second kappa shape index (κ2) is 7.84. The molecular weight excluding hydrogens is 465 g/mol. The first-order valence-electron chi connectivity index (χ1n) is 7.53. The van der Waals surface area contributed by atoms with Gasteiger partial charge in [0, 0.05) is 21.1 Å². The average Bonchev–Trinajstić information content (AvgIpc) is 3.30. The fraction of sp³-hybridized carbons (Fsp3) is 0.235. The van der Waals surface area contributed by atoms with E-state index in [1.54, 1.807) is 0 Å². The van der Waals surface area contributed by atoms with Crippen molar-refractivity contribution in [1.82, 2.24) is 5.48 Å². The predicted octanol–water partition coefficient (Wildman–Crippen LogP) is 4.38. The van der Waals surface area contributed by atoms with E-state index in [1.165, 1.54) is 6.07 Å². The van der Waals surface area contributed by atoms with E-state index in [1.807, 2.05) is 18.2 Å². The highest BCUT2D eigenvalue weighted by Crippen LogP contribution is 2.36. The van der Waals surface area contributed by atoms with Gasteiger partial charge in [-0.25, -0.2) is 14.3 Å². The van der Waals surface area contributed by atoms with Crippen molar-refractivity contribution < 1.29 is 18.4 Å². The van der Waals surface area contributed by atoms with Crippen LogP contribution in [0, 0.1) is 21.1 Å². The lowest BCUT2D eigenvalue weighted by atomic mass is 10.2. The summed E-state index contributed by atoms with van der Waals surface area (Å²) in [6, 6.07) is 8.90. The molecule has 1 aliphatic carbocycles. The molecule has 2 N–H and O–H groups in total. The maximum atomic E-state index is 13.1. The second-order valence-corrected chi connectivity index (χ2v) is 7.39. The zero-order valence-corrected chi connectivity index (χ0v) is 15.8. The highest BCUT2D eigenvalue weighted by Gasteiger charge is 2.37. The molecular formula is C17H14ClF2IN2O2. The maximum absolute atomic E-state index is 13.1. The van der Waals surface area contributed by atoms with E-state index in [-0.39, 0.29) is 17.5 Å². The van der Waals surface area contributed by atoms with E-state index in [0.717, 1.165) is 27.8 Å². The number of carbonyl (C=O) groups excluding carboxylic acids is 1. The van der Waals surface area contributed by atoms with Gasteiger partial charge in [0.25, 0.3) is 5.91 Å². The fourth-order valence-electron chi connectivity index (χ4n) is 2.33. The van der Waals surface area contributed by atoms with Crippen molar-refractivity contribution in [2.75, 3.05) is 11.9 Å². The van der Waals surface area contributed by atoms with Crippen LogP contribution in [-0.2, 0) is 4.84 Å². The van der Waals surface area contributed by atoms with Gasteiger partial charge in [0.2, 0.25) is 0 Å². The third kappa shape index (κ3) is 4.80. The van der Waals surface area contributed by atoms with Crippen molar-refractivity contribution in [3.05, 3.63) is 62.2 Å². The summed E-state index contributed by atoms with van der Waals surface area (Å²) in [4.78, 5) is 17.0. The SMILES string of the molecule is O=C(NOCC1CC1Nc1ccc(I)cc1Cl)c1ccc(F)c(F)c1. The molecule has 2 aromatic carbocycles. The van der Waals surface area contributed by atoms with E-state index in [4.69, 9.17) is 16.4 Å². The molecule has 25 heavy (non-hydrogen) atoms. The van der Waals surface area contributed by atoms with Gasteiger partial charge in [-0.05, 0) is 65.4 Å². The minimum Gasteiger partial charge on any atom is -0.381 e. The molecule has 4 nitrogen and oxygen atoms in total. The van der Waals surface area contributed by atoms with Gasteiger partial charge in [0.15, 0.2) is 11.6 Å². The molecule has 0 aliphatic heterocycles. The normalized spacial score (nSPS) is 18.7. The van der Waals surface area contributed by atoms with Gasteiger partial charge in [-0.15, -0.1) is 0 Å². The van der Waals surface area contributed by atoms with Crippen LogP contribution < -0.4 is 10.8 Å². The Balaban J connectivity index is 1.43. The zero-order valence-electron chi connectivity index (χ0n) is 12.9. The number of carbonyl (C=O) groups is 1. The van der Waals surface area contributed by atoms with Gasteiger partial charge < -0.3 is 5.32 Å². The summed E-state index contributed by atoms with van der Waals surface area (Å²) in [6.45, 7) is 0.315. The molecule has 1 saturated carbocycles. The number of nitrogens with one attached hydrogen (secondary N) is 2. The molecule has 0 bridgehead atoms. The molecule has 2 atom stereocenters. The molecule has 0 radical (unpaired) electrons. The lowest BCUT2D eigenvalue weighted by Gasteiger charge is -2.09. The number of benzene rings is 2. The highest BCUT2D eigenvalue weighted by molar-refractivity contribution is 14.1. The number of amides is 1. The largest absolute Gasteiger partial charge is 0.381 e. The first-order chi connectivity index (χ1) is 11.9. The van der Waals surface area contributed by atoms with Crippen molar-refractivity contribution in [2.45, 2.75) is 12.5 Å². The number of hydrogen-bond acceptors (Lipinski definition) is 3. The molecule has 0 heterocycles. The lowest BCUT2D eigenvalue weighted by molar-refractivity contribution is 0.0267. The first-order valence-corrected chi connectivity index (χ1v) is 8.98. The lowest BCUT2D eigenvalue weighted by Crippen LogP contribution is -2.25. The Morgan fingerprint density at radius 1 is 1.24 bits per heavy atom. The quantitative estimate of drug-likeness (QED) is 0.478. The molecule has 2 unspecified atom stereocenters. The van der Waals surface area contributed by atoms with Crippen LogP contribution in [0.1, 0.15) is 16.8 Å². The Hall–Kier alpha value is -1.45. The van der Waals surface area contributed by atoms with Crippen LogP contribution in [0.5, 0.6) is 0 Å².